The van der Waals surface area contributed by atoms with Crippen molar-refractivity contribution in [2.75, 3.05) is 7.05 Å². The minimum Gasteiger partial charge on any atom is -0.314 e. The van der Waals surface area contributed by atoms with E-state index in [0.717, 1.165) is 17.8 Å². The highest BCUT2D eigenvalue weighted by atomic mass is 15.0. The van der Waals surface area contributed by atoms with E-state index in [9.17, 15) is 0 Å². The van der Waals surface area contributed by atoms with Gasteiger partial charge in [0, 0.05) is 5.54 Å². The zero-order chi connectivity index (χ0) is 12.5. The molecule has 17 heavy (non-hydrogen) atoms. The number of rotatable bonds is 2. The summed E-state index contributed by atoms with van der Waals surface area (Å²) in [6.07, 6.45) is 7.36. The van der Waals surface area contributed by atoms with Gasteiger partial charge in [0.15, 0.2) is 0 Å². The van der Waals surface area contributed by atoms with Gasteiger partial charge >= 0.3 is 0 Å². The topological polar surface area (TPSA) is 12.0 Å². The lowest BCUT2D eigenvalue weighted by Crippen LogP contribution is -2.65. The lowest BCUT2D eigenvalue weighted by Gasteiger charge is -2.63. The summed E-state index contributed by atoms with van der Waals surface area (Å²) in [7, 11) is 2.20. The highest BCUT2D eigenvalue weighted by Gasteiger charge is 2.66. The summed E-state index contributed by atoms with van der Waals surface area (Å²) in [6, 6.07) is 0. The molecule has 0 saturated heterocycles. The fourth-order valence-electron chi connectivity index (χ4n) is 6.11. The summed E-state index contributed by atoms with van der Waals surface area (Å²) in [5.41, 5.74) is 1.79. The van der Waals surface area contributed by atoms with Gasteiger partial charge in [-0.2, -0.15) is 0 Å². The molecule has 0 heterocycles. The molecule has 4 rings (SSSR count). The number of fused-ring (bicyclic) bond motifs is 1. The van der Waals surface area contributed by atoms with Crippen LogP contribution in [-0.2, 0) is 0 Å². The Morgan fingerprint density at radius 1 is 1.00 bits per heavy atom. The van der Waals surface area contributed by atoms with Gasteiger partial charge in [0.2, 0.25) is 0 Å². The van der Waals surface area contributed by atoms with Crippen LogP contribution in [0.4, 0.5) is 0 Å². The van der Waals surface area contributed by atoms with Crippen molar-refractivity contribution in [3.8, 4) is 0 Å². The SMILES string of the molecule is CNC1(C(C)C)CC2C3(C)CCC2(C)CC1C3. The van der Waals surface area contributed by atoms with Gasteiger partial charge in [-0.3, -0.25) is 0 Å². The zero-order valence-electron chi connectivity index (χ0n) is 12.3. The Hall–Kier alpha value is -0.0400. The maximum absolute atomic E-state index is 3.75. The molecule has 4 saturated carbocycles. The predicted octanol–water partition coefficient (Wildman–Crippen LogP) is 3.84. The fourth-order valence-corrected chi connectivity index (χ4v) is 6.11. The Labute approximate surface area is 107 Å². The fraction of sp³-hybridized carbons (Fsp3) is 1.00. The zero-order valence-corrected chi connectivity index (χ0v) is 12.3. The standard InChI is InChI=1S/C16H29N/c1-11(2)16(17-5)10-13-14(3)6-7-15(13,4)9-12(16)8-14/h11-13,17H,6-10H2,1-5H3. The van der Waals surface area contributed by atoms with Crippen LogP contribution < -0.4 is 5.32 Å². The van der Waals surface area contributed by atoms with Crippen molar-refractivity contribution in [1.29, 1.82) is 0 Å². The molecule has 0 aromatic heterocycles. The van der Waals surface area contributed by atoms with Gasteiger partial charge < -0.3 is 5.32 Å². The molecule has 98 valence electrons. The summed E-state index contributed by atoms with van der Waals surface area (Å²) in [4.78, 5) is 0. The van der Waals surface area contributed by atoms with Crippen molar-refractivity contribution in [3.05, 3.63) is 0 Å². The van der Waals surface area contributed by atoms with Crippen LogP contribution in [0.25, 0.3) is 0 Å². The van der Waals surface area contributed by atoms with Crippen molar-refractivity contribution in [3.63, 3.8) is 0 Å². The van der Waals surface area contributed by atoms with Gasteiger partial charge in [-0.1, -0.05) is 27.7 Å². The second kappa shape index (κ2) is 3.29. The van der Waals surface area contributed by atoms with E-state index < -0.39 is 0 Å². The first-order chi connectivity index (χ1) is 7.86. The molecule has 0 amide bonds. The van der Waals surface area contributed by atoms with Crippen LogP contribution in [0.15, 0.2) is 0 Å². The second-order valence-corrected chi connectivity index (χ2v) is 8.12. The van der Waals surface area contributed by atoms with Crippen LogP contribution in [0.3, 0.4) is 0 Å². The van der Waals surface area contributed by atoms with Crippen LogP contribution in [0.2, 0.25) is 0 Å². The van der Waals surface area contributed by atoms with E-state index in [2.05, 4.69) is 40.1 Å². The molecular weight excluding hydrogens is 206 g/mol. The molecule has 3 atom stereocenters. The molecule has 0 aromatic carbocycles. The molecule has 4 fully saturated rings. The first-order valence-corrected chi connectivity index (χ1v) is 7.55. The molecule has 3 unspecified atom stereocenters. The first kappa shape index (κ1) is 12.0. The lowest BCUT2D eigenvalue weighted by molar-refractivity contribution is -0.109. The van der Waals surface area contributed by atoms with Crippen LogP contribution in [-0.4, -0.2) is 12.6 Å². The Balaban J connectivity index is 2.00. The Kier molecular flexibility index (Phi) is 2.32. The Bertz CT molecular complexity index is 316. The normalized spacial score (nSPS) is 56.8. The maximum atomic E-state index is 3.75. The molecule has 4 aliphatic carbocycles. The van der Waals surface area contributed by atoms with E-state index in [0.29, 0.717) is 16.4 Å². The Morgan fingerprint density at radius 2 is 1.53 bits per heavy atom. The molecule has 0 radical (unpaired) electrons. The minimum atomic E-state index is 0.439. The third kappa shape index (κ3) is 1.30. The molecule has 0 aromatic rings. The van der Waals surface area contributed by atoms with E-state index in [1.807, 2.05) is 0 Å². The summed E-state index contributed by atoms with van der Waals surface area (Å²) in [6.45, 7) is 10.00. The van der Waals surface area contributed by atoms with E-state index in [4.69, 9.17) is 0 Å². The summed E-state index contributed by atoms with van der Waals surface area (Å²) in [5.74, 6) is 2.65. The predicted molar refractivity (Wildman–Crippen MR) is 72.9 cm³/mol. The minimum absolute atomic E-state index is 0.439. The van der Waals surface area contributed by atoms with E-state index in [1.54, 1.807) is 0 Å². The van der Waals surface area contributed by atoms with Crippen LogP contribution in [0.5, 0.6) is 0 Å². The second-order valence-electron chi connectivity index (χ2n) is 8.12. The Morgan fingerprint density at radius 3 is 1.88 bits per heavy atom. The monoisotopic (exact) mass is 235 g/mol. The van der Waals surface area contributed by atoms with Gasteiger partial charge in [0.05, 0.1) is 0 Å². The van der Waals surface area contributed by atoms with Crippen molar-refractivity contribution in [2.45, 2.75) is 65.3 Å². The number of nitrogens with one attached hydrogen (secondary N) is 1. The van der Waals surface area contributed by atoms with Crippen LogP contribution in [0, 0.1) is 28.6 Å². The maximum Gasteiger partial charge on any atom is 0.0233 e. The van der Waals surface area contributed by atoms with Crippen LogP contribution >= 0.6 is 0 Å². The number of hydrogen-bond acceptors (Lipinski definition) is 1. The number of hydrogen-bond donors (Lipinski definition) is 1. The molecule has 4 bridgehead atoms. The van der Waals surface area contributed by atoms with Crippen molar-refractivity contribution >= 4 is 0 Å². The summed E-state index contributed by atoms with van der Waals surface area (Å²) >= 11 is 0. The van der Waals surface area contributed by atoms with Gasteiger partial charge in [0.25, 0.3) is 0 Å². The summed E-state index contributed by atoms with van der Waals surface area (Å²) < 4.78 is 0. The molecule has 0 aliphatic heterocycles. The molecule has 1 heteroatoms. The van der Waals surface area contributed by atoms with E-state index in [-0.39, 0.29) is 0 Å². The van der Waals surface area contributed by atoms with Crippen molar-refractivity contribution in [1.82, 2.24) is 5.32 Å². The van der Waals surface area contributed by atoms with Crippen molar-refractivity contribution in [2.24, 2.45) is 28.6 Å². The lowest BCUT2D eigenvalue weighted by atomic mass is 9.45. The highest BCUT2D eigenvalue weighted by Crippen LogP contribution is 2.71. The van der Waals surface area contributed by atoms with Gasteiger partial charge in [0.1, 0.15) is 0 Å². The quantitative estimate of drug-likeness (QED) is 0.767. The molecular formula is C16H29N. The molecule has 1 nitrogen and oxygen atoms in total. The largest absolute Gasteiger partial charge is 0.314 e. The molecule has 0 spiro atoms. The molecule has 1 N–H and O–H groups in total. The van der Waals surface area contributed by atoms with Gasteiger partial charge in [-0.05, 0) is 67.7 Å². The van der Waals surface area contributed by atoms with Gasteiger partial charge in [-0.15, -0.1) is 0 Å². The smallest absolute Gasteiger partial charge is 0.0233 e. The third-order valence-corrected chi connectivity index (χ3v) is 7.14. The van der Waals surface area contributed by atoms with Crippen molar-refractivity contribution < 1.29 is 0 Å². The average Bonchev–Trinajstić information content (AvgIpc) is 2.42. The van der Waals surface area contributed by atoms with E-state index in [1.165, 1.54) is 32.1 Å². The van der Waals surface area contributed by atoms with Gasteiger partial charge in [-0.25, -0.2) is 0 Å². The highest BCUT2D eigenvalue weighted by molar-refractivity contribution is 5.18. The van der Waals surface area contributed by atoms with E-state index >= 15 is 0 Å². The molecule has 4 aliphatic rings. The first-order valence-electron chi connectivity index (χ1n) is 7.55. The van der Waals surface area contributed by atoms with Crippen LogP contribution in [0.1, 0.15) is 59.8 Å². The summed E-state index contributed by atoms with van der Waals surface area (Å²) in [5, 5.41) is 3.75. The third-order valence-electron chi connectivity index (χ3n) is 7.14. The average molecular weight is 235 g/mol.